The highest BCUT2D eigenvalue weighted by molar-refractivity contribution is 5.77. The molecular weight excluding hydrogens is 245 g/mol. The molecule has 0 atom stereocenters. The van der Waals surface area contributed by atoms with Crippen molar-refractivity contribution in [2.75, 3.05) is 0 Å². The van der Waals surface area contributed by atoms with Crippen LogP contribution in [0.3, 0.4) is 0 Å². The van der Waals surface area contributed by atoms with Crippen molar-refractivity contribution in [1.29, 1.82) is 0 Å². The first kappa shape index (κ1) is 13.3. The molecule has 0 bridgehead atoms. The maximum atomic E-state index is 12.8. The molecule has 1 amide bonds. The third kappa shape index (κ3) is 3.64. The predicted octanol–water partition coefficient (Wildman–Crippen LogP) is 2.60. The van der Waals surface area contributed by atoms with Gasteiger partial charge in [-0.3, -0.25) is 4.57 Å². The molecular formula is C14H16FN3O. The number of rotatable bonds is 3. The first-order chi connectivity index (χ1) is 8.96. The van der Waals surface area contributed by atoms with Gasteiger partial charge in [-0.25, -0.2) is 14.2 Å². The van der Waals surface area contributed by atoms with Crippen LogP contribution < -0.4 is 5.32 Å². The zero-order valence-corrected chi connectivity index (χ0v) is 10.9. The topological polar surface area (TPSA) is 46.9 Å². The number of aromatic nitrogens is 2. The fourth-order valence-corrected chi connectivity index (χ4v) is 1.89. The minimum Gasteiger partial charge on any atom is -0.332 e. The van der Waals surface area contributed by atoms with Gasteiger partial charge in [0.2, 0.25) is 0 Å². The van der Waals surface area contributed by atoms with Crippen molar-refractivity contribution in [2.24, 2.45) is 0 Å². The number of benzene rings is 1. The van der Waals surface area contributed by atoms with Crippen LogP contribution >= 0.6 is 0 Å². The molecule has 0 spiro atoms. The SMILES string of the molecule is CC(C)(Cc1ccc(F)cc1)NC(=O)n1ccnc1. The third-order valence-corrected chi connectivity index (χ3v) is 2.74. The highest BCUT2D eigenvalue weighted by Gasteiger charge is 2.21. The summed E-state index contributed by atoms with van der Waals surface area (Å²) in [7, 11) is 0. The van der Waals surface area contributed by atoms with Crippen LogP contribution in [0.15, 0.2) is 43.0 Å². The number of amides is 1. The fraction of sp³-hybridized carbons (Fsp3) is 0.286. The molecule has 0 radical (unpaired) electrons. The summed E-state index contributed by atoms with van der Waals surface area (Å²) in [6.45, 7) is 3.84. The van der Waals surface area contributed by atoms with Crippen molar-refractivity contribution < 1.29 is 9.18 Å². The smallest absolute Gasteiger partial charge is 0.327 e. The Labute approximate surface area is 111 Å². The number of halogens is 1. The van der Waals surface area contributed by atoms with Crippen molar-refractivity contribution in [3.8, 4) is 0 Å². The number of carbonyl (C=O) groups excluding carboxylic acids is 1. The van der Waals surface area contributed by atoms with Gasteiger partial charge in [-0.05, 0) is 38.0 Å². The molecule has 0 saturated carbocycles. The first-order valence-electron chi connectivity index (χ1n) is 6.01. The summed E-state index contributed by atoms with van der Waals surface area (Å²) in [5.41, 5.74) is 0.538. The summed E-state index contributed by atoms with van der Waals surface area (Å²) in [6.07, 6.45) is 5.20. The van der Waals surface area contributed by atoms with Crippen LogP contribution in [-0.4, -0.2) is 21.1 Å². The van der Waals surface area contributed by atoms with E-state index in [9.17, 15) is 9.18 Å². The van der Waals surface area contributed by atoms with Gasteiger partial charge in [0.1, 0.15) is 12.1 Å². The van der Waals surface area contributed by atoms with E-state index in [0.29, 0.717) is 6.42 Å². The molecule has 1 heterocycles. The number of imidazole rings is 1. The molecule has 0 aliphatic heterocycles. The lowest BCUT2D eigenvalue weighted by Gasteiger charge is -2.26. The van der Waals surface area contributed by atoms with E-state index in [2.05, 4.69) is 10.3 Å². The molecule has 2 rings (SSSR count). The summed E-state index contributed by atoms with van der Waals surface area (Å²) in [6, 6.07) is 6.05. The van der Waals surface area contributed by atoms with E-state index in [-0.39, 0.29) is 11.8 Å². The van der Waals surface area contributed by atoms with Crippen molar-refractivity contribution in [3.05, 3.63) is 54.4 Å². The lowest BCUT2D eigenvalue weighted by Crippen LogP contribution is -2.46. The average Bonchev–Trinajstić information content (AvgIpc) is 2.85. The van der Waals surface area contributed by atoms with Crippen LogP contribution in [0, 0.1) is 5.82 Å². The zero-order chi connectivity index (χ0) is 13.9. The molecule has 0 aliphatic rings. The van der Waals surface area contributed by atoms with Gasteiger partial charge >= 0.3 is 6.03 Å². The summed E-state index contributed by atoms with van der Waals surface area (Å²) in [4.78, 5) is 15.7. The van der Waals surface area contributed by atoms with Crippen molar-refractivity contribution in [2.45, 2.75) is 25.8 Å². The quantitative estimate of drug-likeness (QED) is 0.923. The lowest BCUT2D eigenvalue weighted by molar-refractivity contribution is 0.231. The molecule has 100 valence electrons. The van der Waals surface area contributed by atoms with Gasteiger partial charge in [0, 0.05) is 17.9 Å². The molecule has 19 heavy (non-hydrogen) atoms. The van der Waals surface area contributed by atoms with Gasteiger partial charge in [-0.15, -0.1) is 0 Å². The monoisotopic (exact) mass is 261 g/mol. The minimum absolute atomic E-state index is 0.232. The highest BCUT2D eigenvalue weighted by Crippen LogP contribution is 2.13. The Hall–Kier alpha value is -2.17. The molecule has 4 nitrogen and oxygen atoms in total. The second-order valence-electron chi connectivity index (χ2n) is 5.09. The van der Waals surface area contributed by atoms with Gasteiger partial charge < -0.3 is 5.32 Å². The van der Waals surface area contributed by atoms with Crippen LogP contribution in [0.4, 0.5) is 9.18 Å². The molecule has 1 aromatic heterocycles. The van der Waals surface area contributed by atoms with Crippen molar-refractivity contribution in [3.63, 3.8) is 0 Å². The van der Waals surface area contributed by atoms with Gasteiger partial charge in [0.25, 0.3) is 0 Å². The Balaban J connectivity index is 2.02. The first-order valence-corrected chi connectivity index (χ1v) is 6.01. The van der Waals surface area contributed by atoms with Gasteiger partial charge in [0.15, 0.2) is 0 Å². The van der Waals surface area contributed by atoms with Crippen LogP contribution in [0.5, 0.6) is 0 Å². The third-order valence-electron chi connectivity index (χ3n) is 2.74. The Morgan fingerprint density at radius 1 is 1.37 bits per heavy atom. The van der Waals surface area contributed by atoms with E-state index in [1.807, 2.05) is 13.8 Å². The fourth-order valence-electron chi connectivity index (χ4n) is 1.89. The summed E-state index contributed by atoms with van der Waals surface area (Å²) in [5.74, 6) is -0.260. The van der Waals surface area contributed by atoms with Gasteiger partial charge in [0.05, 0.1) is 0 Å². The maximum Gasteiger partial charge on any atom is 0.327 e. The van der Waals surface area contributed by atoms with E-state index in [1.54, 1.807) is 24.5 Å². The highest BCUT2D eigenvalue weighted by atomic mass is 19.1. The molecule has 0 fully saturated rings. The molecule has 2 aromatic rings. The van der Waals surface area contributed by atoms with Crippen LogP contribution in [0.1, 0.15) is 19.4 Å². The largest absolute Gasteiger partial charge is 0.332 e. The number of carbonyl (C=O) groups is 1. The maximum absolute atomic E-state index is 12.8. The Kier molecular flexibility index (Phi) is 3.64. The average molecular weight is 261 g/mol. The van der Waals surface area contributed by atoms with Crippen molar-refractivity contribution in [1.82, 2.24) is 14.9 Å². The summed E-state index contributed by atoms with van der Waals surface area (Å²) < 4.78 is 14.2. The normalized spacial score (nSPS) is 11.3. The standard InChI is InChI=1S/C14H16FN3O/c1-14(2,9-11-3-5-12(15)6-4-11)17-13(19)18-8-7-16-10-18/h3-8,10H,9H2,1-2H3,(H,17,19). The molecule has 0 unspecified atom stereocenters. The van der Waals surface area contributed by atoms with Crippen molar-refractivity contribution >= 4 is 6.03 Å². The van der Waals surface area contributed by atoms with Gasteiger partial charge in [-0.2, -0.15) is 0 Å². The summed E-state index contributed by atoms with van der Waals surface area (Å²) in [5, 5.41) is 2.91. The number of hydrogen-bond donors (Lipinski definition) is 1. The number of nitrogens with zero attached hydrogens (tertiary/aromatic N) is 2. The van der Waals surface area contributed by atoms with E-state index in [4.69, 9.17) is 0 Å². The molecule has 0 saturated heterocycles. The number of hydrogen-bond acceptors (Lipinski definition) is 2. The minimum atomic E-state index is -0.431. The van der Waals surface area contributed by atoms with Gasteiger partial charge in [-0.1, -0.05) is 12.1 Å². The second kappa shape index (κ2) is 5.22. The molecule has 0 aliphatic carbocycles. The molecule has 1 aromatic carbocycles. The summed E-state index contributed by atoms with van der Waals surface area (Å²) >= 11 is 0. The van der Waals surface area contributed by atoms with Crippen LogP contribution in [-0.2, 0) is 6.42 Å². The second-order valence-corrected chi connectivity index (χ2v) is 5.09. The van der Waals surface area contributed by atoms with Crippen LogP contribution in [0.2, 0.25) is 0 Å². The van der Waals surface area contributed by atoms with E-state index >= 15 is 0 Å². The number of nitrogens with one attached hydrogen (secondary N) is 1. The lowest BCUT2D eigenvalue weighted by atomic mass is 9.95. The Morgan fingerprint density at radius 3 is 2.63 bits per heavy atom. The zero-order valence-electron chi connectivity index (χ0n) is 10.9. The molecule has 1 N–H and O–H groups in total. The molecule has 5 heteroatoms. The van der Waals surface area contributed by atoms with Crippen LogP contribution in [0.25, 0.3) is 0 Å². The predicted molar refractivity (Wildman–Crippen MR) is 70.3 cm³/mol. The van der Waals surface area contributed by atoms with E-state index < -0.39 is 5.54 Å². The van der Waals surface area contributed by atoms with E-state index in [1.165, 1.54) is 23.0 Å². The Bertz CT molecular complexity index is 547. The Morgan fingerprint density at radius 2 is 2.05 bits per heavy atom. The van der Waals surface area contributed by atoms with E-state index in [0.717, 1.165) is 5.56 Å².